The van der Waals surface area contributed by atoms with Crippen LogP contribution >= 0.6 is 11.6 Å². The lowest BCUT2D eigenvalue weighted by atomic mass is 9.98. The minimum absolute atomic E-state index is 0.0221. The van der Waals surface area contributed by atoms with Crippen molar-refractivity contribution in [3.8, 4) is 22.5 Å². The summed E-state index contributed by atoms with van der Waals surface area (Å²) in [5, 5.41) is 15.0. The van der Waals surface area contributed by atoms with Crippen molar-refractivity contribution >= 4 is 11.6 Å². The van der Waals surface area contributed by atoms with Crippen LogP contribution in [0, 0.1) is 0 Å². The van der Waals surface area contributed by atoms with Crippen molar-refractivity contribution < 1.29 is 0 Å². The monoisotopic (exact) mass is 464 g/mol. The summed E-state index contributed by atoms with van der Waals surface area (Å²) in [4.78, 5) is 13.2. The summed E-state index contributed by atoms with van der Waals surface area (Å²) < 4.78 is 3.57. The minimum Gasteiger partial charge on any atom is -0.290 e. The molecule has 4 aromatic rings. The number of aromatic nitrogens is 6. The number of H-pyrrole nitrogens is 1. The molecule has 0 aliphatic carbocycles. The summed E-state index contributed by atoms with van der Waals surface area (Å²) in [6, 6.07) is 16.2. The van der Waals surface area contributed by atoms with Crippen molar-refractivity contribution in [1.29, 1.82) is 0 Å². The second-order valence-electron chi connectivity index (χ2n) is 8.19. The molecule has 0 amide bonds. The fourth-order valence-electron chi connectivity index (χ4n) is 4.14. The fraction of sp³-hybridized carbons (Fsp3) is 0.360. The number of nitrogens with one attached hydrogen (secondary N) is 1. The molecule has 33 heavy (non-hydrogen) atoms. The number of unbranched alkanes of at least 4 members (excludes halogenated alkanes) is 2. The number of rotatable bonds is 10. The Morgan fingerprint density at radius 2 is 1.70 bits per heavy atom. The number of nitrogens with zero attached hydrogens (tertiary/aromatic N) is 5. The van der Waals surface area contributed by atoms with Crippen LogP contribution in [0.25, 0.3) is 22.5 Å². The van der Waals surface area contributed by atoms with Gasteiger partial charge >= 0.3 is 5.69 Å². The zero-order valence-corrected chi connectivity index (χ0v) is 19.8. The Balaban J connectivity index is 1.62. The molecule has 4 rings (SSSR count). The summed E-state index contributed by atoms with van der Waals surface area (Å²) in [7, 11) is 0. The molecular weight excluding hydrogens is 436 g/mol. The largest absolute Gasteiger partial charge is 0.329 e. The van der Waals surface area contributed by atoms with Crippen molar-refractivity contribution in [3.05, 3.63) is 75.4 Å². The van der Waals surface area contributed by atoms with Crippen LogP contribution in [0.15, 0.2) is 53.3 Å². The summed E-state index contributed by atoms with van der Waals surface area (Å²) in [5.41, 5.74) is 4.95. The first-order chi connectivity index (χ1) is 16.1. The van der Waals surface area contributed by atoms with E-state index in [4.69, 9.17) is 11.6 Å². The van der Waals surface area contributed by atoms with Crippen molar-refractivity contribution in [2.24, 2.45) is 0 Å². The van der Waals surface area contributed by atoms with E-state index in [1.165, 1.54) is 0 Å². The highest BCUT2D eigenvalue weighted by Gasteiger charge is 2.18. The van der Waals surface area contributed by atoms with Crippen LogP contribution in [0.5, 0.6) is 0 Å². The van der Waals surface area contributed by atoms with Gasteiger partial charge in [0.2, 0.25) is 5.82 Å². The van der Waals surface area contributed by atoms with E-state index in [1.807, 2.05) is 28.8 Å². The first kappa shape index (κ1) is 23.0. The van der Waals surface area contributed by atoms with E-state index in [0.717, 1.165) is 60.1 Å². The normalized spacial score (nSPS) is 11.2. The summed E-state index contributed by atoms with van der Waals surface area (Å²) in [6.07, 6.45) is 4.87. The number of imidazole rings is 1. The van der Waals surface area contributed by atoms with Crippen LogP contribution < -0.4 is 5.69 Å². The Hall–Kier alpha value is -3.19. The van der Waals surface area contributed by atoms with Gasteiger partial charge in [-0.2, -0.15) is 5.21 Å². The van der Waals surface area contributed by atoms with E-state index in [1.54, 1.807) is 4.57 Å². The van der Waals surface area contributed by atoms with E-state index in [9.17, 15) is 4.79 Å². The first-order valence-corrected chi connectivity index (χ1v) is 11.9. The zero-order valence-electron chi connectivity index (χ0n) is 19.1. The van der Waals surface area contributed by atoms with Crippen molar-refractivity contribution in [2.75, 3.05) is 0 Å². The maximum atomic E-state index is 13.2. The van der Waals surface area contributed by atoms with Gasteiger partial charge in [-0.05, 0) is 34.7 Å². The van der Waals surface area contributed by atoms with Crippen molar-refractivity contribution in [3.63, 3.8) is 0 Å². The molecule has 0 aliphatic rings. The average Bonchev–Trinajstić information content (AvgIpc) is 3.45. The van der Waals surface area contributed by atoms with Crippen LogP contribution in [0.4, 0.5) is 0 Å². The molecule has 0 unspecified atom stereocenters. The number of aromatic amines is 1. The molecule has 8 heteroatoms. The third-order valence-corrected chi connectivity index (χ3v) is 6.28. The summed E-state index contributed by atoms with van der Waals surface area (Å²) in [5.74, 6) is 0.560. The van der Waals surface area contributed by atoms with Gasteiger partial charge in [0.15, 0.2) is 0 Å². The van der Waals surface area contributed by atoms with Crippen LogP contribution in [0.1, 0.15) is 50.8 Å². The lowest BCUT2D eigenvalue weighted by molar-refractivity contribution is 0.573. The lowest BCUT2D eigenvalue weighted by Crippen LogP contribution is -2.25. The highest BCUT2D eigenvalue weighted by atomic mass is 35.5. The maximum absolute atomic E-state index is 13.2. The number of halogens is 1. The van der Waals surface area contributed by atoms with Gasteiger partial charge in [0.05, 0.1) is 12.2 Å². The third kappa shape index (κ3) is 4.93. The van der Waals surface area contributed by atoms with Gasteiger partial charge in [0.25, 0.3) is 0 Å². The Morgan fingerprint density at radius 1 is 0.939 bits per heavy atom. The van der Waals surface area contributed by atoms with Gasteiger partial charge in [0.1, 0.15) is 5.15 Å². The summed E-state index contributed by atoms with van der Waals surface area (Å²) >= 11 is 6.65. The van der Waals surface area contributed by atoms with Crippen LogP contribution in [0.2, 0.25) is 5.15 Å². The van der Waals surface area contributed by atoms with E-state index in [0.29, 0.717) is 24.1 Å². The molecule has 0 saturated heterocycles. The Bertz CT molecular complexity index is 1240. The Labute approximate surface area is 198 Å². The predicted molar refractivity (Wildman–Crippen MR) is 131 cm³/mol. The van der Waals surface area contributed by atoms with Gasteiger partial charge in [0, 0.05) is 12.1 Å². The first-order valence-electron chi connectivity index (χ1n) is 11.5. The molecule has 0 radical (unpaired) electrons. The quantitative estimate of drug-likeness (QED) is 0.321. The standard InChI is InChI=1S/C25H29ClN6O/c1-3-5-8-16-31-23(26)22(9-4-2)32(25(31)33)17-18-12-14-19(15-13-18)20-10-6-7-11-21(20)24-27-29-30-28-24/h6-7,10-15H,3-5,8-9,16-17H2,1-2H3,(H,27,28,29,30). The maximum Gasteiger partial charge on any atom is 0.329 e. The second-order valence-corrected chi connectivity index (χ2v) is 8.55. The van der Waals surface area contributed by atoms with E-state index >= 15 is 0 Å². The zero-order chi connectivity index (χ0) is 23.2. The number of benzene rings is 2. The highest BCUT2D eigenvalue weighted by Crippen LogP contribution is 2.30. The molecule has 0 bridgehead atoms. The fourth-order valence-corrected chi connectivity index (χ4v) is 4.50. The van der Waals surface area contributed by atoms with E-state index in [-0.39, 0.29) is 5.69 Å². The van der Waals surface area contributed by atoms with E-state index in [2.05, 4.69) is 58.7 Å². The number of hydrogen-bond acceptors (Lipinski definition) is 4. The average molecular weight is 465 g/mol. The predicted octanol–water partition coefficient (Wildman–Crippen LogP) is 5.34. The lowest BCUT2D eigenvalue weighted by Gasteiger charge is -2.10. The number of tetrazole rings is 1. The van der Waals surface area contributed by atoms with Gasteiger partial charge in [-0.15, -0.1) is 10.2 Å². The Morgan fingerprint density at radius 3 is 2.36 bits per heavy atom. The second kappa shape index (κ2) is 10.6. The van der Waals surface area contributed by atoms with Crippen LogP contribution in [-0.4, -0.2) is 29.8 Å². The Kier molecular flexibility index (Phi) is 7.40. The molecule has 2 aromatic heterocycles. The molecule has 0 fully saturated rings. The SMILES string of the molecule is CCCCCn1c(Cl)c(CCC)n(Cc2ccc(-c3ccccc3-c3nn[nH]n3)cc2)c1=O. The third-order valence-electron chi connectivity index (χ3n) is 5.85. The molecule has 172 valence electrons. The van der Waals surface area contributed by atoms with Crippen LogP contribution in [-0.2, 0) is 19.5 Å². The smallest absolute Gasteiger partial charge is 0.290 e. The molecular formula is C25H29ClN6O. The van der Waals surface area contributed by atoms with Crippen molar-refractivity contribution in [1.82, 2.24) is 29.8 Å². The topological polar surface area (TPSA) is 81.4 Å². The number of hydrogen-bond donors (Lipinski definition) is 1. The van der Waals surface area contributed by atoms with E-state index < -0.39 is 0 Å². The molecule has 0 atom stereocenters. The molecule has 0 saturated carbocycles. The molecule has 7 nitrogen and oxygen atoms in total. The van der Waals surface area contributed by atoms with Gasteiger partial charge in [-0.1, -0.05) is 93.2 Å². The molecule has 1 N–H and O–H groups in total. The molecule has 0 spiro atoms. The highest BCUT2D eigenvalue weighted by molar-refractivity contribution is 6.30. The molecule has 0 aliphatic heterocycles. The van der Waals surface area contributed by atoms with Gasteiger partial charge < -0.3 is 0 Å². The molecule has 2 heterocycles. The van der Waals surface area contributed by atoms with Gasteiger partial charge in [-0.25, -0.2) is 4.79 Å². The van der Waals surface area contributed by atoms with Gasteiger partial charge in [-0.3, -0.25) is 9.13 Å². The van der Waals surface area contributed by atoms with Crippen LogP contribution in [0.3, 0.4) is 0 Å². The minimum atomic E-state index is -0.0221. The van der Waals surface area contributed by atoms with Crippen molar-refractivity contribution in [2.45, 2.75) is 59.0 Å². The summed E-state index contributed by atoms with van der Waals surface area (Å²) in [6.45, 7) is 5.43. The molecule has 2 aromatic carbocycles.